The summed E-state index contributed by atoms with van der Waals surface area (Å²) < 4.78 is 6.92. The lowest BCUT2D eigenvalue weighted by Gasteiger charge is -2.13. The average Bonchev–Trinajstić information content (AvgIpc) is 3.46. The van der Waals surface area contributed by atoms with E-state index in [2.05, 4.69) is 46.3 Å². The minimum atomic E-state index is -0.165. The van der Waals surface area contributed by atoms with E-state index < -0.39 is 0 Å². The molecule has 4 heterocycles. The van der Waals surface area contributed by atoms with Crippen LogP contribution in [0.4, 0.5) is 5.82 Å². The van der Waals surface area contributed by atoms with E-state index in [4.69, 9.17) is 4.52 Å². The Labute approximate surface area is 178 Å². The molecule has 4 aromatic rings. The predicted octanol–water partition coefficient (Wildman–Crippen LogP) is 4.25. The molecule has 0 fully saturated rings. The van der Waals surface area contributed by atoms with Crippen LogP contribution in [0.25, 0.3) is 16.5 Å². The Bertz CT molecular complexity index is 1130. The largest absolute Gasteiger partial charge is 0.339 e. The van der Waals surface area contributed by atoms with Crippen LogP contribution >= 0.6 is 11.3 Å². The van der Waals surface area contributed by atoms with Gasteiger partial charge in [0.05, 0.1) is 10.6 Å². The fourth-order valence-electron chi connectivity index (χ4n) is 2.78. The van der Waals surface area contributed by atoms with E-state index in [1.54, 1.807) is 10.9 Å². The van der Waals surface area contributed by atoms with E-state index in [1.165, 1.54) is 11.3 Å². The van der Waals surface area contributed by atoms with Gasteiger partial charge in [-0.1, -0.05) is 38.1 Å². The SMILES string of the molecule is CC(C)(C)c1cc(NC(=O)CCc2nc(-c3cccs3)no2)n(-c2ccccn2)n1. The van der Waals surface area contributed by atoms with Crippen LogP contribution in [0.5, 0.6) is 0 Å². The van der Waals surface area contributed by atoms with Crippen LogP contribution in [0.15, 0.2) is 52.5 Å². The van der Waals surface area contributed by atoms with Gasteiger partial charge in [0.25, 0.3) is 0 Å². The first-order chi connectivity index (χ1) is 14.4. The number of pyridine rings is 1. The van der Waals surface area contributed by atoms with Crippen molar-refractivity contribution in [1.82, 2.24) is 24.9 Å². The topological polar surface area (TPSA) is 98.7 Å². The van der Waals surface area contributed by atoms with E-state index in [-0.39, 0.29) is 17.7 Å². The van der Waals surface area contributed by atoms with Crippen LogP contribution < -0.4 is 5.32 Å². The normalized spacial score (nSPS) is 11.6. The van der Waals surface area contributed by atoms with Gasteiger partial charge in [-0.25, -0.2) is 4.98 Å². The molecule has 8 nitrogen and oxygen atoms in total. The lowest BCUT2D eigenvalue weighted by atomic mass is 9.92. The number of thiophene rings is 1. The van der Waals surface area contributed by atoms with Gasteiger partial charge in [-0.3, -0.25) is 4.79 Å². The highest BCUT2D eigenvalue weighted by molar-refractivity contribution is 7.13. The van der Waals surface area contributed by atoms with Crippen molar-refractivity contribution in [1.29, 1.82) is 0 Å². The zero-order chi connectivity index (χ0) is 21.1. The Hall–Kier alpha value is -3.33. The van der Waals surface area contributed by atoms with Crippen molar-refractivity contribution in [3.05, 3.63) is 59.6 Å². The highest BCUT2D eigenvalue weighted by Gasteiger charge is 2.22. The summed E-state index contributed by atoms with van der Waals surface area (Å²) in [6, 6.07) is 11.3. The summed E-state index contributed by atoms with van der Waals surface area (Å²) >= 11 is 1.54. The molecule has 0 unspecified atom stereocenters. The lowest BCUT2D eigenvalue weighted by molar-refractivity contribution is -0.116. The molecular formula is C21H22N6O2S. The molecule has 1 amide bonds. The van der Waals surface area contributed by atoms with Crippen LogP contribution in [-0.4, -0.2) is 30.8 Å². The summed E-state index contributed by atoms with van der Waals surface area (Å²) in [4.78, 5) is 22.2. The predicted molar refractivity (Wildman–Crippen MR) is 115 cm³/mol. The second kappa shape index (κ2) is 8.19. The molecule has 0 atom stereocenters. The molecule has 4 rings (SSSR count). The average molecular weight is 423 g/mol. The maximum atomic E-state index is 12.6. The standard InChI is InChI=1S/C21H22N6O2S/c1-21(2,3)15-13-17(27(25-15)16-8-4-5-11-22-16)23-18(28)9-10-19-24-20(26-29-19)14-7-6-12-30-14/h4-8,11-13H,9-10H2,1-3H3,(H,23,28). The van der Waals surface area contributed by atoms with Gasteiger partial charge in [-0.2, -0.15) is 14.8 Å². The van der Waals surface area contributed by atoms with Gasteiger partial charge in [-0.15, -0.1) is 11.3 Å². The van der Waals surface area contributed by atoms with Crippen molar-refractivity contribution in [3.8, 4) is 16.5 Å². The number of hydrogen-bond donors (Lipinski definition) is 1. The molecule has 0 radical (unpaired) electrons. The zero-order valence-corrected chi connectivity index (χ0v) is 17.8. The highest BCUT2D eigenvalue weighted by atomic mass is 32.1. The molecule has 30 heavy (non-hydrogen) atoms. The molecule has 1 N–H and O–H groups in total. The molecule has 0 bridgehead atoms. The fourth-order valence-corrected chi connectivity index (χ4v) is 3.43. The summed E-state index contributed by atoms with van der Waals surface area (Å²) in [5.41, 5.74) is 0.697. The first kappa shape index (κ1) is 20.0. The minimum Gasteiger partial charge on any atom is -0.339 e. The first-order valence-electron chi connectivity index (χ1n) is 9.58. The third-order valence-corrected chi connectivity index (χ3v) is 5.25. The van der Waals surface area contributed by atoms with Crippen LogP contribution in [0, 0.1) is 0 Å². The van der Waals surface area contributed by atoms with Crippen molar-refractivity contribution in [2.75, 3.05) is 5.32 Å². The van der Waals surface area contributed by atoms with Gasteiger partial charge in [-0.05, 0) is 23.6 Å². The third-order valence-electron chi connectivity index (χ3n) is 4.39. The third kappa shape index (κ3) is 4.46. The smallest absolute Gasteiger partial charge is 0.227 e. The Morgan fingerprint density at radius 2 is 2.10 bits per heavy atom. The maximum absolute atomic E-state index is 12.6. The van der Waals surface area contributed by atoms with Crippen molar-refractivity contribution in [3.63, 3.8) is 0 Å². The molecule has 0 spiro atoms. The molecular weight excluding hydrogens is 400 g/mol. The molecule has 0 aromatic carbocycles. The van der Waals surface area contributed by atoms with Crippen molar-refractivity contribution < 1.29 is 9.32 Å². The number of aromatic nitrogens is 5. The number of aryl methyl sites for hydroxylation is 1. The number of nitrogens with zero attached hydrogens (tertiary/aromatic N) is 5. The van der Waals surface area contributed by atoms with Crippen LogP contribution in [0.1, 0.15) is 38.8 Å². The molecule has 0 saturated carbocycles. The number of carbonyl (C=O) groups is 1. The summed E-state index contributed by atoms with van der Waals surface area (Å²) in [7, 11) is 0. The Morgan fingerprint density at radius 1 is 1.23 bits per heavy atom. The highest BCUT2D eigenvalue weighted by Crippen LogP contribution is 2.26. The van der Waals surface area contributed by atoms with Gasteiger partial charge < -0.3 is 9.84 Å². The molecule has 4 aromatic heterocycles. The van der Waals surface area contributed by atoms with Crippen molar-refractivity contribution in [2.45, 2.75) is 39.0 Å². The molecule has 0 aliphatic carbocycles. The minimum absolute atomic E-state index is 0.164. The summed E-state index contributed by atoms with van der Waals surface area (Å²) in [5.74, 6) is 2.03. The van der Waals surface area contributed by atoms with Gasteiger partial charge >= 0.3 is 0 Å². The fraction of sp³-hybridized carbons (Fsp3) is 0.286. The Morgan fingerprint density at radius 3 is 2.80 bits per heavy atom. The molecule has 0 aliphatic rings. The van der Waals surface area contributed by atoms with Crippen LogP contribution in [-0.2, 0) is 16.6 Å². The van der Waals surface area contributed by atoms with Gasteiger partial charge in [0.1, 0.15) is 5.82 Å². The van der Waals surface area contributed by atoms with E-state index in [0.29, 0.717) is 29.8 Å². The second-order valence-corrected chi connectivity index (χ2v) is 8.75. The lowest BCUT2D eigenvalue weighted by Crippen LogP contribution is -2.16. The number of nitrogens with one attached hydrogen (secondary N) is 1. The molecule has 9 heteroatoms. The van der Waals surface area contributed by atoms with Crippen molar-refractivity contribution in [2.24, 2.45) is 0 Å². The summed E-state index contributed by atoms with van der Waals surface area (Å²) in [5, 5.41) is 13.5. The number of amides is 1. The van der Waals surface area contributed by atoms with Crippen LogP contribution in [0.3, 0.4) is 0 Å². The number of carbonyl (C=O) groups excluding carboxylic acids is 1. The summed E-state index contributed by atoms with van der Waals surface area (Å²) in [6.45, 7) is 6.22. The monoisotopic (exact) mass is 422 g/mol. The number of hydrogen-bond acceptors (Lipinski definition) is 7. The molecule has 0 saturated heterocycles. The Kier molecular flexibility index (Phi) is 5.45. The van der Waals surface area contributed by atoms with Gasteiger partial charge in [0, 0.05) is 30.5 Å². The first-order valence-corrected chi connectivity index (χ1v) is 10.5. The van der Waals surface area contributed by atoms with E-state index >= 15 is 0 Å². The van der Waals surface area contributed by atoms with E-state index in [0.717, 1.165) is 10.6 Å². The maximum Gasteiger partial charge on any atom is 0.227 e. The Balaban J connectivity index is 1.47. The zero-order valence-electron chi connectivity index (χ0n) is 17.0. The second-order valence-electron chi connectivity index (χ2n) is 7.80. The van der Waals surface area contributed by atoms with Crippen LogP contribution in [0.2, 0.25) is 0 Å². The summed E-state index contributed by atoms with van der Waals surface area (Å²) in [6.07, 6.45) is 2.26. The van der Waals surface area contributed by atoms with Gasteiger partial charge in [0.15, 0.2) is 5.82 Å². The van der Waals surface area contributed by atoms with E-state index in [1.807, 2.05) is 41.8 Å². The van der Waals surface area contributed by atoms with Gasteiger partial charge in [0.2, 0.25) is 17.6 Å². The van der Waals surface area contributed by atoms with E-state index in [9.17, 15) is 4.79 Å². The van der Waals surface area contributed by atoms with Crippen molar-refractivity contribution >= 4 is 23.1 Å². The molecule has 0 aliphatic heterocycles. The number of rotatable bonds is 6. The molecule has 154 valence electrons. The quantitative estimate of drug-likeness (QED) is 0.499. The number of anilines is 1.